The number of rotatable bonds is 3. The molecule has 1 aliphatic heterocycles. The summed E-state index contributed by atoms with van der Waals surface area (Å²) in [5.41, 5.74) is 1.01. The van der Waals surface area contributed by atoms with Gasteiger partial charge in [-0.3, -0.25) is 0 Å². The third-order valence-corrected chi connectivity index (χ3v) is 3.13. The predicted octanol–water partition coefficient (Wildman–Crippen LogP) is 3.36. The molecule has 1 fully saturated rings. The number of hydrogen-bond donors (Lipinski definition) is 0. The SMILES string of the molecule is ClCc1cc(Br)ccc1OC1CCOC1. The lowest BCUT2D eigenvalue weighted by Crippen LogP contribution is -2.16. The molecule has 15 heavy (non-hydrogen) atoms. The average molecular weight is 292 g/mol. The minimum absolute atomic E-state index is 0.174. The minimum atomic E-state index is 0.174. The van der Waals surface area contributed by atoms with Crippen molar-refractivity contribution < 1.29 is 9.47 Å². The second-order valence-electron chi connectivity index (χ2n) is 3.49. The molecule has 82 valence electrons. The van der Waals surface area contributed by atoms with Crippen molar-refractivity contribution in [1.29, 1.82) is 0 Å². The molecule has 1 unspecified atom stereocenters. The Morgan fingerprint density at radius 1 is 1.53 bits per heavy atom. The topological polar surface area (TPSA) is 18.5 Å². The summed E-state index contributed by atoms with van der Waals surface area (Å²) in [4.78, 5) is 0. The van der Waals surface area contributed by atoms with Gasteiger partial charge in [0.2, 0.25) is 0 Å². The van der Waals surface area contributed by atoms with Crippen molar-refractivity contribution in [2.75, 3.05) is 13.2 Å². The molecule has 0 aromatic heterocycles. The van der Waals surface area contributed by atoms with E-state index in [9.17, 15) is 0 Å². The fourth-order valence-electron chi connectivity index (χ4n) is 1.55. The van der Waals surface area contributed by atoms with Crippen LogP contribution >= 0.6 is 27.5 Å². The zero-order chi connectivity index (χ0) is 10.7. The molecule has 0 aliphatic carbocycles. The van der Waals surface area contributed by atoms with Crippen LogP contribution in [0.1, 0.15) is 12.0 Å². The minimum Gasteiger partial charge on any atom is -0.488 e. The molecule has 0 bridgehead atoms. The van der Waals surface area contributed by atoms with Crippen molar-refractivity contribution in [3.8, 4) is 5.75 Å². The first-order valence-corrected chi connectivity index (χ1v) is 6.21. The summed E-state index contributed by atoms with van der Waals surface area (Å²) in [6, 6.07) is 5.89. The smallest absolute Gasteiger partial charge is 0.124 e. The van der Waals surface area contributed by atoms with Gasteiger partial charge in [-0.05, 0) is 18.2 Å². The van der Waals surface area contributed by atoms with Gasteiger partial charge in [-0.1, -0.05) is 15.9 Å². The molecule has 2 nitrogen and oxygen atoms in total. The highest BCUT2D eigenvalue weighted by Gasteiger charge is 2.18. The van der Waals surface area contributed by atoms with Crippen molar-refractivity contribution in [3.63, 3.8) is 0 Å². The van der Waals surface area contributed by atoms with Crippen LogP contribution in [-0.4, -0.2) is 19.3 Å². The van der Waals surface area contributed by atoms with Crippen LogP contribution in [0, 0.1) is 0 Å². The quantitative estimate of drug-likeness (QED) is 0.795. The Balaban J connectivity index is 2.12. The molecule has 1 heterocycles. The van der Waals surface area contributed by atoms with Crippen LogP contribution in [0.2, 0.25) is 0 Å². The summed E-state index contributed by atoms with van der Waals surface area (Å²) in [5.74, 6) is 1.33. The van der Waals surface area contributed by atoms with E-state index in [0.29, 0.717) is 12.5 Å². The Kier molecular flexibility index (Phi) is 3.89. The van der Waals surface area contributed by atoms with Crippen molar-refractivity contribution in [2.45, 2.75) is 18.4 Å². The largest absolute Gasteiger partial charge is 0.488 e. The van der Waals surface area contributed by atoms with Gasteiger partial charge in [-0.2, -0.15) is 0 Å². The van der Waals surface area contributed by atoms with Crippen LogP contribution in [0.4, 0.5) is 0 Å². The standard InChI is InChI=1S/C11H12BrClO2/c12-9-1-2-11(8(5-9)6-13)15-10-3-4-14-7-10/h1-2,5,10H,3-4,6-7H2. The predicted molar refractivity (Wildman–Crippen MR) is 63.6 cm³/mol. The van der Waals surface area contributed by atoms with E-state index in [4.69, 9.17) is 21.1 Å². The summed E-state index contributed by atoms with van der Waals surface area (Å²) < 4.78 is 12.1. The van der Waals surface area contributed by atoms with Crippen LogP contribution in [0.15, 0.2) is 22.7 Å². The van der Waals surface area contributed by atoms with Gasteiger partial charge in [0.25, 0.3) is 0 Å². The third kappa shape index (κ3) is 2.86. The maximum atomic E-state index is 5.86. The summed E-state index contributed by atoms with van der Waals surface area (Å²) in [6.07, 6.45) is 1.13. The number of ether oxygens (including phenoxy) is 2. The van der Waals surface area contributed by atoms with Gasteiger partial charge in [-0.25, -0.2) is 0 Å². The maximum absolute atomic E-state index is 5.86. The lowest BCUT2D eigenvalue weighted by Gasteiger charge is -2.14. The summed E-state index contributed by atoms with van der Waals surface area (Å²) in [5, 5.41) is 0. The highest BCUT2D eigenvalue weighted by Crippen LogP contribution is 2.26. The highest BCUT2D eigenvalue weighted by atomic mass is 79.9. The van der Waals surface area contributed by atoms with Gasteiger partial charge in [0.15, 0.2) is 0 Å². The second kappa shape index (κ2) is 5.19. The number of halogens is 2. The molecule has 0 radical (unpaired) electrons. The van der Waals surface area contributed by atoms with Gasteiger partial charge in [0.05, 0.1) is 19.1 Å². The zero-order valence-corrected chi connectivity index (χ0v) is 10.6. The van der Waals surface area contributed by atoms with Crippen LogP contribution < -0.4 is 4.74 Å². The first-order valence-electron chi connectivity index (χ1n) is 4.88. The first kappa shape index (κ1) is 11.2. The molecule has 1 aliphatic rings. The van der Waals surface area contributed by atoms with Crippen molar-refractivity contribution in [3.05, 3.63) is 28.2 Å². The second-order valence-corrected chi connectivity index (χ2v) is 4.67. The number of alkyl halides is 1. The molecular weight excluding hydrogens is 279 g/mol. The first-order chi connectivity index (χ1) is 7.29. The van der Waals surface area contributed by atoms with Crippen LogP contribution in [0.3, 0.4) is 0 Å². The molecule has 1 saturated heterocycles. The molecule has 0 saturated carbocycles. The zero-order valence-electron chi connectivity index (χ0n) is 8.21. The van der Waals surface area contributed by atoms with Crippen molar-refractivity contribution >= 4 is 27.5 Å². The highest BCUT2D eigenvalue weighted by molar-refractivity contribution is 9.10. The summed E-state index contributed by atoms with van der Waals surface area (Å²) in [6.45, 7) is 1.47. The van der Waals surface area contributed by atoms with E-state index in [1.165, 1.54) is 0 Å². The van der Waals surface area contributed by atoms with Crippen molar-refractivity contribution in [2.24, 2.45) is 0 Å². The number of hydrogen-bond acceptors (Lipinski definition) is 2. The Bertz CT molecular complexity index is 337. The summed E-state index contributed by atoms with van der Waals surface area (Å²) in [7, 11) is 0. The lowest BCUT2D eigenvalue weighted by atomic mass is 10.2. The van der Waals surface area contributed by atoms with E-state index in [1.54, 1.807) is 0 Å². The Morgan fingerprint density at radius 3 is 3.07 bits per heavy atom. The molecule has 1 aromatic carbocycles. The molecule has 1 atom stereocenters. The van der Waals surface area contributed by atoms with Gasteiger partial charge in [0.1, 0.15) is 11.9 Å². The van der Waals surface area contributed by atoms with Crippen LogP contribution in [0.25, 0.3) is 0 Å². The van der Waals surface area contributed by atoms with Gasteiger partial charge >= 0.3 is 0 Å². The average Bonchev–Trinajstić information content (AvgIpc) is 2.73. The lowest BCUT2D eigenvalue weighted by molar-refractivity contribution is 0.141. The van der Waals surface area contributed by atoms with Gasteiger partial charge in [0, 0.05) is 16.5 Å². The molecular formula is C11H12BrClO2. The molecule has 2 rings (SSSR count). The molecule has 0 spiro atoms. The van der Waals surface area contributed by atoms with Crippen LogP contribution in [0.5, 0.6) is 5.75 Å². The van der Waals surface area contributed by atoms with Crippen LogP contribution in [-0.2, 0) is 10.6 Å². The Hall–Kier alpha value is -0.250. The van der Waals surface area contributed by atoms with E-state index in [1.807, 2.05) is 18.2 Å². The monoisotopic (exact) mass is 290 g/mol. The maximum Gasteiger partial charge on any atom is 0.124 e. The fraction of sp³-hybridized carbons (Fsp3) is 0.455. The van der Waals surface area contributed by atoms with E-state index in [2.05, 4.69) is 15.9 Å². The molecule has 0 N–H and O–H groups in total. The van der Waals surface area contributed by atoms with Gasteiger partial charge < -0.3 is 9.47 Å². The summed E-state index contributed by atoms with van der Waals surface area (Å²) >= 11 is 9.27. The number of benzene rings is 1. The van der Waals surface area contributed by atoms with Crippen molar-refractivity contribution in [1.82, 2.24) is 0 Å². The fourth-order valence-corrected chi connectivity index (χ4v) is 2.17. The normalized spacial score (nSPS) is 20.5. The Morgan fingerprint density at radius 2 is 2.40 bits per heavy atom. The van der Waals surface area contributed by atoms with E-state index < -0.39 is 0 Å². The third-order valence-electron chi connectivity index (χ3n) is 2.35. The molecule has 4 heteroatoms. The van der Waals surface area contributed by atoms with Gasteiger partial charge in [-0.15, -0.1) is 11.6 Å². The Labute approximate surface area is 103 Å². The molecule has 1 aromatic rings. The van der Waals surface area contributed by atoms with E-state index in [-0.39, 0.29) is 6.10 Å². The van der Waals surface area contributed by atoms with E-state index in [0.717, 1.165) is 28.8 Å². The van der Waals surface area contributed by atoms with E-state index >= 15 is 0 Å². The molecule has 0 amide bonds.